The minimum Gasteiger partial charge on any atom is -0.290 e. The van der Waals surface area contributed by atoms with Gasteiger partial charge in [0.25, 0.3) is 0 Å². The molecule has 0 amide bonds. The Labute approximate surface area is 109 Å². The van der Waals surface area contributed by atoms with Crippen LogP contribution in [0.5, 0.6) is 0 Å². The lowest BCUT2D eigenvalue weighted by molar-refractivity contribution is 0.820. The summed E-state index contributed by atoms with van der Waals surface area (Å²) in [5.41, 5.74) is 3.32. The Balaban J connectivity index is 2.21. The van der Waals surface area contributed by atoms with Crippen molar-refractivity contribution < 1.29 is 0 Å². The van der Waals surface area contributed by atoms with Crippen molar-refractivity contribution in [1.82, 2.24) is 9.38 Å². The van der Waals surface area contributed by atoms with Gasteiger partial charge in [0, 0.05) is 6.20 Å². The van der Waals surface area contributed by atoms with Crippen molar-refractivity contribution in [2.24, 2.45) is 0 Å². The van der Waals surface area contributed by atoms with E-state index in [1.165, 1.54) is 10.2 Å². The number of fused-ring (bicyclic) bond motifs is 3. The van der Waals surface area contributed by atoms with Crippen LogP contribution in [-0.4, -0.2) is 9.38 Å². The molecular formula is C14H13N3S. The van der Waals surface area contributed by atoms with Crippen LogP contribution >= 0.6 is 11.3 Å². The summed E-state index contributed by atoms with van der Waals surface area (Å²) in [7, 11) is 0. The van der Waals surface area contributed by atoms with Crippen LogP contribution in [0.4, 0.5) is 0 Å². The van der Waals surface area contributed by atoms with Gasteiger partial charge in [-0.3, -0.25) is 4.40 Å². The molecule has 1 aromatic carbocycles. The zero-order chi connectivity index (χ0) is 12.7. The highest BCUT2D eigenvalue weighted by atomic mass is 32.1. The highest BCUT2D eigenvalue weighted by Crippen LogP contribution is 2.30. The molecule has 1 atom stereocenters. The van der Waals surface area contributed by atoms with Crippen LogP contribution in [0.3, 0.4) is 0 Å². The van der Waals surface area contributed by atoms with E-state index in [1.54, 1.807) is 11.3 Å². The lowest BCUT2D eigenvalue weighted by Gasteiger charge is -2.05. The Morgan fingerprint density at radius 3 is 3.06 bits per heavy atom. The number of hydrogen-bond donors (Lipinski definition) is 0. The van der Waals surface area contributed by atoms with Gasteiger partial charge in [0.15, 0.2) is 4.96 Å². The molecule has 2 heterocycles. The molecule has 3 aromatic rings. The SMILES string of the molecule is CCC(C#N)c1ccc2c(c1)sc1nc(C)cn12. The van der Waals surface area contributed by atoms with Gasteiger partial charge in [-0.15, -0.1) is 0 Å². The second kappa shape index (κ2) is 4.11. The average molecular weight is 255 g/mol. The molecule has 3 nitrogen and oxygen atoms in total. The number of benzene rings is 1. The summed E-state index contributed by atoms with van der Waals surface area (Å²) >= 11 is 1.68. The maximum atomic E-state index is 9.12. The Kier molecular flexibility index (Phi) is 2.57. The molecule has 0 radical (unpaired) electrons. The lowest BCUT2D eigenvalue weighted by atomic mass is 9.98. The Bertz CT molecular complexity index is 760. The van der Waals surface area contributed by atoms with Crippen LogP contribution in [0.2, 0.25) is 0 Å². The van der Waals surface area contributed by atoms with Crippen molar-refractivity contribution >= 4 is 26.5 Å². The number of imidazole rings is 1. The van der Waals surface area contributed by atoms with E-state index in [1.807, 2.05) is 13.8 Å². The van der Waals surface area contributed by atoms with Crippen molar-refractivity contribution in [3.05, 3.63) is 35.7 Å². The zero-order valence-corrected chi connectivity index (χ0v) is 11.2. The second-order valence-electron chi connectivity index (χ2n) is 4.45. The molecule has 0 aliphatic rings. The molecule has 0 fully saturated rings. The fourth-order valence-corrected chi connectivity index (χ4v) is 3.35. The molecule has 0 saturated heterocycles. The van der Waals surface area contributed by atoms with Gasteiger partial charge in [-0.25, -0.2) is 4.98 Å². The van der Waals surface area contributed by atoms with Crippen molar-refractivity contribution in [1.29, 1.82) is 5.26 Å². The van der Waals surface area contributed by atoms with E-state index >= 15 is 0 Å². The number of hydrogen-bond acceptors (Lipinski definition) is 3. The Morgan fingerprint density at radius 1 is 1.50 bits per heavy atom. The van der Waals surface area contributed by atoms with Crippen molar-refractivity contribution in [2.75, 3.05) is 0 Å². The third-order valence-electron chi connectivity index (χ3n) is 3.21. The molecular weight excluding hydrogens is 242 g/mol. The fourth-order valence-electron chi connectivity index (χ4n) is 2.25. The maximum absolute atomic E-state index is 9.12. The maximum Gasteiger partial charge on any atom is 0.194 e. The summed E-state index contributed by atoms with van der Waals surface area (Å²) in [6.45, 7) is 4.05. The van der Waals surface area contributed by atoms with Crippen LogP contribution in [0.1, 0.15) is 30.5 Å². The first-order valence-electron chi connectivity index (χ1n) is 6.00. The van der Waals surface area contributed by atoms with Gasteiger partial charge >= 0.3 is 0 Å². The lowest BCUT2D eigenvalue weighted by Crippen LogP contribution is -1.92. The quantitative estimate of drug-likeness (QED) is 0.697. The molecule has 90 valence electrons. The van der Waals surface area contributed by atoms with Crippen molar-refractivity contribution in [3.8, 4) is 6.07 Å². The summed E-state index contributed by atoms with van der Waals surface area (Å²) < 4.78 is 3.32. The van der Waals surface area contributed by atoms with E-state index in [9.17, 15) is 0 Å². The molecule has 3 rings (SSSR count). The third-order valence-corrected chi connectivity index (χ3v) is 4.22. The minimum absolute atomic E-state index is 0.00874. The van der Waals surface area contributed by atoms with Gasteiger partial charge < -0.3 is 0 Å². The van der Waals surface area contributed by atoms with E-state index in [4.69, 9.17) is 5.26 Å². The number of nitrogens with zero attached hydrogens (tertiary/aromatic N) is 3. The standard InChI is InChI=1S/C14H13N3S/c1-3-10(7-15)11-4-5-12-13(6-11)18-14-16-9(2)8-17(12)14/h4-6,8,10H,3H2,1-2H3. The summed E-state index contributed by atoms with van der Waals surface area (Å²) in [6, 6.07) is 8.63. The molecule has 1 unspecified atom stereocenters. The molecule has 18 heavy (non-hydrogen) atoms. The predicted molar refractivity (Wildman–Crippen MR) is 74.0 cm³/mol. The largest absolute Gasteiger partial charge is 0.290 e. The van der Waals surface area contributed by atoms with Crippen LogP contribution in [0.15, 0.2) is 24.4 Å². The highest BCUT2D eigenvalue weighted by Gasteiger charge is 2.12. The molecule has 0 bridgehead atoms. The zero-order valence-electron chi connectivity index (χ0n) is 10.3. The van der Waals surface area contributed by atoms with Crippen molar-refractivity contribution in [2.45, 2.75) is 26.2 Å². The summed E-state index contributed by atoms with van der Waals surface area (Å²) in [5, 5.41) is 9.12. The smallest absolute Gasteiger partial charge is 0.194 e. The summed E-state index contributed by atoms with van der Waals surface area (Å²) in [6.07, 6.45) is 2.90. The van der Waals surface area contributed by atoms with E-state index in [-0.39, 0.29) is 5.92 Å². The number of aryl methyl sites for hydroxylation is 1. The normalized spacial score (nSPS) is 12.9. The third kappa shape index (κ3) is 1.59. The molecule has 0 aliphatic heterocycles. The highest BCUT2D eigenvalue weighted by molar-refractivity contribution is 7.23. The predicted octanol–water partition coefficient (Wildman–Crippen LogP) is 3.87. The number of nitriles is 1. The Morgan fingerprint density at radius 2 is 2.33 bits per heavy atom. The topological polar surface area (TPSA) is 41.1 Å². The fraction of sp³-hybridized carbons (Fsp3) is 0.286. The van der Waals surface area contributed by atoms with E-state index in [0.717, 1.165) is 22.6 Å². The van der Waals surface area contributed by atoms with Crippen LogP contribution in [0, 0.1) is 18.3 Å². The summed E-state index contributed by atoms with van der Waals surface area (Å²) in [4.78, 5) is 5.50. The van der Waals surface area contributed by atoms with Gasteiger partial charge in [0.1, 0.15) is 0 Å². The molecule has 2 aromatic heterocycles. The molecule has 0 aliphatic carbocycles. The average Bonchev–Trinajstić information content (AvgIpc) is 2.86. The first-order chi connectivity index (χ1) is 8.72. The molecule has 0 spiro atoms. The van der Waals surface area contributed by atoms with E-state index < -0.39 is 0 Å². The van der Waals surface area contributed by atoms with Gasteiger partial charge in [0.2, 0.25) is 0 Å². The van der Waals surface area contributed by atoms with Crippen LogP contribution < -0.4 is 0 Å². The van der Waals surface area contributed by atoms with E-state index in [0.29, 0.717) is 0 Å². The number of aromatic nitrogens is 2. The number of rotatable bonds is 2. The Hall–Kier alpha value is -1.86. The van der Waals surface area contributed by atoms with E-state index in [2.05, 4.69) is 39.8 Å². The second-order valence-corrected chi connectivity index (χ2v) is 5.46. The first kappa shape index (κ1) is 11.2. The molecule has 4 heteroatoms. The number of thiazole rings is 1. The van der Waals surface area contributed by atoms with Gasteiger partial charge in [-0.1, -0.05) is 24.3 Å². The minimum atomic E-state index is -0.00874. The summed E-state index contributed by atoms with van der Waals surface area (Å²) in [5.74, 6) is -0.00874. The van der Waals surface area contributed by atoms with Gasteiger partial charge in [-0.05, 0) is 31.0 Å². The molecule has 0 saturated carbocycles. The van der Waals surface area contributed by atoms with Gasteiger partial charge in [-0.2, -0.15) is 5.26 Å². The van der Waals surface area contributed by atoms with Crippen molar-refractivity contribution in [3.63, 3.8) is 0 Å². The van der Waals surface area contributed by atoms with Crippen LogP contribution in [0.25, 0.3) is 15.2 Å². The van der Waals surface area contributed by atoms with Crippen LogP contribution in [-0.2, 0) is 0 Å². The molecule has 0 N–H and O–H groups in total. The van der Waals surface area contributed by atoms with Gasteiger partial charge in [0.05, 0.1) is 27.9 Å². The first-order valence-corrected chi connectivity index (χ1v) is 6.82. The monoisotopic (exact) mass is 255 g/mol.